The molecular weight excluding hydrogens is 168 g/mol. The van der Waals surface area contributed by atoms with E-state index >= 15 is 0 Å². The van der Waals surface area contributed by atoms with Crippen molar-refractivity contribution in [1.29, 1.82) is 0 Å². The third-order valence-corrected chi connectivity index (χ3v) is 1.70. The van der Waals surface area contributed by atoms with E-state index in [-0.39, 0.29) is 5.71 Å². The van der Waals surface area contributed by atoms with Gasteiger partial charge in [0.1, 0.15) is 0 Å². The second-order valence-electron chi connectivity index (χ2n) is 2.57. The third-order valence-electron chi connectivity index (χ3n) is 1.70. The molecule has 0 saturated carbocycles. The van der Waals surface area contributed by atoms with Gasteiger partial charge in [-0.1, -0.05) is 18.2 Å². The second kappa shape index (κ2) is 3.65. The van der Waals surface area contributed by atoms with Crippen LogP contribution in [0, 0.1) is 6.92 Å². The molecule has 0 spiro atoms. The Labute approximate surface area is 75.1 Å². The minimum absolute atomic E-state index is 0.335. The van der Waals surface area contributed by atoms with Crippen molar-refractivity contribution in [1.82, 2.24) is 0 Å². The molecule has 4 nitrogen and oxygen atoms in total. The number of aliphatic carboxylic acids is 1. The lowest BCUT2D eigenvalue weighted by Gasteiger charge is -1.96. The Morgan fingerprint density at radius 2 is 2.08 bits per heavy atom. The molecule has 1 rings (SSSR count). The zero-order valence-electron chi connectivity index (χ0n) is 7.06. The van der Waals surface area contributed by atoms with Crippen molar-refractivity contribution in [3.8, 4) is 0 Å². The molecule has 13 heavy (non-hydrogen) atoms. The van der Waals surface area contributed by atoms with E-state index in [1.165, 1.54) is 0 Å². The van der Waals surface area contributed by atoms with Crippen molar-refractivity contribution in [2.75, 3.05) is 0 Å². The maximum Gasteiger partial charge on any atom is 0.419 e. The summed E-state index contributed by atoms with van der Waals surface area (Å²) in [5, 5.41) is 8.66. The van der Waals surface area contributed by atoms with E-state index in [1.54, 1.807) is 31.2 Å². The molecule has 66 valence electrons. The molecule has 0 radical (unpaired) electrons. The van der Waals surface area contributed by atoms with Crippen molar-refractivity contribution in [2.24, 2.45) is 0 Å². The smallest absolute Gasteiger partial charge is 0.419 e. The monoisotopic (exact) mass is 176 g/mol. The van der Waals surface area contributed by atoms with Crippen LogP contribution in [0.4, 0.5) is 0 Å². The van der Waals surface area contributed by atoms with Gasteiger partial charge in [-0.05, 0) is 18.6 Å². The summed E-state index contributed by atoms with van der Waals surface area (Å²) in [6, 6.07) is 6.83. The van der Waals surface area contributed by atoms with Gasteiger partial charge in [0.05, 0.1) is 5.56 Å². The highest BCUT2D eigenvalue weighted by Crippen LogP contribution is 2.07. The summed E-state index contributed by atoms with van der Waals surface area (Å²) in [4.78, 5) is 13.3. The summed E-state index contributed by atoms with van der Waals surface area (Å²) in [6.45, 7) is 1.75. The van der Waals surface area contributed by atoms with Gasteiger partial charge in [-0.2, -0.15) is 4.79 Å². The van der Waals surface area contributed by atoms with Crippen LogP contribution in [0.2, 0.25) is 0 Å². The molecule has 0 aliphatic heterocycles. The van der Waals surface area contributed by atoms with Crippen LogP contribution in [-0.4, -0.2) is 21.6 Å². The number of carbonyl (C=O) groups is 1. The minimum atomic E-state index is -1.24. The average molecular weight is 176 g/mol. The molecule has 0 fully saturated rings. The molecule has 0 aromatic heterocycles. The van der Waals surface area contributed by atoms with Gasteiger partial charge in [0, 0.05) is 0 Å². The van der Waals surface area contributed by atoms with Gasteiger partial charge in [-0.3, -0.25) is 0 Å². The lowest BCUT2D eigenvalue weighted by Crippen LogP contribution is -2.16. The van der Waals surface area contributed by atoms with E-state index in [4.69, 9.17) is 10.6 Å². The normalized spacial score (nSPS) is 9.00. The van der Waals surface area contributed by atoms with Gasteiger partial charge < -0.3 is 10.6 Å². The molecule has 0 heterocycles. The van der Waals surface area contributed by atoms with Crippen LogP contribution in [0.3, 0.4) is 0 Å². The largest absolute Gasteiger partial charge is 0.472 e. The zero-order chi connectivity index (χ0) is 9.84. The van der Waals surface area contributed by atoms with Crippen molar-refractivity contribution in [3.05, 3.63) is 40.9 Å². The molecule has 1 aromatic rings. The molecule has 0 amide bonds. The van der Waals surface area contributed by atoms with E-state index in [9.17, 15) is 4.79 Å². The summed E-state index contributed by atoms with van der Waals surface area (Å²) in [5.41, 5.74) is 9.34. The molecular formula is C9H8N2O2. The van der Waals surface area contributed by atoms with E-state index in [0.717, 1.165) is 5.56 Å². The van der Waals surface area contributed by atoms with Crippen molar-refractivity contribution in [2.45, 2.75) is 6.92 Å². The number of nitrogens with zero attached hydrogens (tertiary/aromatic N) is 2. The van der Waals surface area contributed by atoms with Gasteiger partial charge in [-0.25, -0.2) is 4.79 Å². The van der Waals surface area contributed by atoms with Crippen molar-refractivity contribution in [3.63, 3.8) is 0 Å². The highest BCUT2D eigenvalue weighted by Gasteiger charge is 2.22. The number of carboxylic acid groups (broad SMARTS) is 1. The Bertz CT molecular complexity index is 392. The van der Waals surface area contributed by atoms with Crippen molar-refractivity contribution >= 4 is 11.7 Å². The predicted octanol–water partition coefficient (Wildman–Crippen LogP) is 1.10. The van der Waals surface area contributed by atoms with Gasteiger partial charge in [0.25, 0.3) is 0 Å². The first kappa shape index (κ1) is 9.16. The standard InChI is InChI=1S/C9H8N2O2/c1-6-4-2-3-5-7(6)8(11-10)9(12)13/h2-5H,1H3,(H,12,13). The average Bonchev–Trinajstić information content (AvgIpc) is 2.09. The molecule has 4 heteroatoms. The molecule has 1 aromatic carbocycles. The van der Waals surface area contributed by atoms with Crippen LogP contribution in [0.25, 0.3) is 5.53 Å². The fourth-order valence-electron chi connectivity index (χ4n) is 1.05. The molecule has 0 saturated heterocycles. The fourth-order valence-corrected chi connectivity index (χ4v) is 1.05. The summed E-state index contributed by atoms with van der Waals surface area (Å²) < 4.78 is 0. The predicted molar refractivity (Wildman–Crippen MR) is 46.5 cm³/mol. The van der Waals surface area contributed by atoms with Gasteiger partial charge in [0.2, 0.25) is 0 Å². The zero-order valence-corrected chi connectivity index (χ0v) is 7.06. The minimum Gasteiger partial charge on any atom is -0.472 e. The van der Waals surface area contributed by atoms with Gasteiger partial charge in [-0.15, -0.1) is 0 Å². The van der Waals surface area contributed by atoms with Gasteiger partial charge in [0.15, 0.2) is 0 Å². The van der Waals surface area contributed by atoms with E-state index < -0.39 is 5.97 Å². The summed E-state index contributed by atoms with van der Waals surface area (Å²) >= 11 is 0. The van der Waals surface area contributed by atoms with E-state index in [1.807, 2.05) is 0 Å². The van der Waals surface area contributed by atoms with Crippen molar-refractivity contribution < 1.29 is 14.7 Å². The second-order valence-corrected chi connectivity index (χ2v) is 2.57. The lowest BCUT2D eigenvalue weighted by molar-refractivity contribution is -0.133. The van der Waals surface area contributed by atoms with Crippen LogP contribution >= 0.6 is 0 Å². The number of aryl methyl sites for hydroxylation is 1. The third kappa shape index (κ3) is 1.80. The summed E-state index contributed by atoms with van der Waals surface area (Å²) in [5.74, 6) is -1.24. The van der Waals surface area contributed by atoms with Crippen LogP contribution in [-0.2, 0) is 4.79 Å². The molecule has 0 bridgehead atoms. The van der Waals surface area contributed by atoms with Gasteiger partial charge >= 0.3 is 11.7 Å². The first-order chi connectivity index (χ1) is 6.16. The maximum atomic E-state index is 10.6. The van der Waals surface area contributed by atoms with Crippen LogP contribution < -0.4 is 0 Å². The molecule has 1 N–H and O–H groups in total. The fraction of sp³-hybridized carbons (Fsp3) is 0.111. The summed E-state index contributed by atoms with van der Waals surface area (Å²) in [7, 11) is 0. The molecule has 0 aliphatic rings. The number of rotatable bonds is 2. The SMILES string of the molecule is Cc1ccccc1C(=[N+]=[N-])C(=O)O. The quantitative estimate of drug-likeness (QED) is 0.416. The van der Waals surface area contributed by atoms with E-state index in [0.29, 0.717) is 5.56 Å². The van der Waals surface area contributed by atoms with Crippen LogP contribution in [0.15, 0.2) is 24.3 Å². The molecule has 0 unspecified atom stereocenters. The lowest BCUT2D eigenvalue weighted by atomic mass is 10.0. The Morgan fingerprint density at radius 1 is 1.46 bits per heavy atom. The number of hydrogen-bond donors (Lipinski definition) is 1. The van der Waals surface area contributed by atoms with Crippen LogP contribution in [0.1, 0.15) is 11.1 Å². The van der Waals surface area contributed by atoms with E-state index in [2.05, 4.69) is 4.79 Å². The Morgan fingerprint density at radius 3 is 2.54 bits per heavy atom. The topological polar surface area (TPSA) is 73.7 Å². The number of carboxylic acids is 1. The Kier molecular flexibility index (Phi) is 2.57. The Balaban J connectivity index is 3.29. The number of benzene rings is 1. The van der Waals surface area contributed by atoms with Crippen LogP contribution in [0.5, 0.6) is 0 Å². The maximum absolute atomic E-state index is 10.6. The molecule has 0 aliphatic carbocycles. The first-order valence-electron chi connectivity index (χ1n) is 3.68. The molecule has 0 atom stereocenters. The Hall–Kier alpha value is -1.93. The highest BCUT2D eigenvalue weighted by molar-refractivity contribution is 6.40. The highest BCUT2D eigenvalue weighted by atomic mass is 16.4. The number of hydrogen-bond acceptors (Lipinski definition) is 1. The summed E-state index contributed by atoms with van der Waals surface area (Å²) in [6.07, 6.45) is 0. The first-order valence-corrected chi connectivity index (χ1v) is 3.68.